The van der Waals surface area contributed by atoms with Gasteiger partial charge in [0.05, 0.1) is 0 Å². The molecule has 19 heavy (non-hydrogen) atoms. The molecular weight excluding hydrogens is 244 g/mol. The molecule has 0 saturated heterocycles. The van der Waals surface area contributed by atoms with E-state index in [0.29, 0.717) is 25.9 Å². The molecule has 0 saturated carbocycles. The molecule has 1 amide bonds. The van der Waals surface area contributed by atoms with Crippen LogP contribution in [0.1, 0.15) is 17.5 Å². The van der Waals surface area contributed by atoms with Crippen LogP contribution in [0.5, 0.6) is 0 Å². The van der Waals surface area contributed by atoms with Crippen LogP contribution < -0.4 is 5.32 Å². The van der Waals surface area contributed by atoms with E-state index in [1.54, 1.807) is 7.05 Å². The Hall–Kier alpha value is -1.88. The lowest BCUT2D eigenvalue weighted by atomic mass is 9.93. The topological polar surface area (TPSA) is 69.6 Å². The number of hydrogen-bond acceptors (Lipinski definition) is 3. The van der Waals surface area contributed by atoms with Gasteiger partial charge in [0.1, 0.15) is 6.04 Å². The number of carbonyl (C=O) groups is 2. The third-order valence-electron chi connectivity index (χ3n) is 3.44. The molecule has 0 aromatic heterocycles. The Bertz CT molecular complexity index is 487. The number of amides is 1. The van der Waals surface area contributed by atoms with Gasteiger partial charge in [-0.3, -0.25) is 4.79 Å². The van der Waals surface area contributed by atoms with Gasteiger partial charge in [0, 0.05) is 25.9 Å². The van der Waals surface area contributed by atoms with E-state index in [2.05, 4.69) is 5.32 Å². The molecule has 0 unspecified atom stereocenters. The maximum absolute atomic E-state index is 12.1. The van der Waals surface area contributed by atoms with E-state index in [1.165, 1.54) is 4.90 Å². The van der Waals surface area contributed by atoms with Crippen LogP contribution in [0.3, 0.4) is 0 Å². The van der Waals surface area contributed by atoms with Crippen LogP contribution in [-0.2, 0) is 22.6 Å². The van der Waals surface area contributed by atoms with Gasteiger partial charge in [0.2, 0.25) is 5.91 Å². The van der Waals surface area contributed by atoms with Gasteiger partial charge in [0.15, 0.2) is 0 Å². The number of aliphatic carboxylic acids is 1. The summed E-state index contributed by atoms with van der Waals surface area (Å²) in [6.07, 6.45) is 0.708. The molecule has 0 fully saturated rings. The minimum absolute atomic E-state index is 0.115. The Labute approximate surface area is 112 Å². The molecule has 1 atom stereocenters. The van der Waals surface area contributed by atoms with Crippen LogP contribution in [-0.4, -0.2) is 41.5 Å². The number of carboxylic acids is 1. The van der Waals surface area contributed by atoms with Crippen molar-refractivity contribution in [3.05, 3.63) is 35.4 Å². The molecule has 1 aliphatic rings. The Morgan fingerprint density at radius 2 is 2.05 bits per heavy atom. The Kier molecular flexibility index (Phi) is 4.16. The van der Waals surface area contributed by atoms with E-state index < -0.39 is 12.0 Å². The number of rotatable bonds is 4. The van der Waals surface area contributed by atoms with Gasteiger partial charge in [-0.05, 0) is 18.2 Å². The van der Waals surface area contributed by atoms with Crippen molar-refractivity contribution in [2.45, 2.75) is 25.4 Å². The fraction of sp³-hybridized carbons (Fsp3) is 0.429. The second kappa shape index (κ2) is 5.84. The Morgan fingerprint density at radius 1 is 1.37 bits per heavy atom. The van der Waals surface area contributed by atoms with Crippen LogP contribution in [0.25, 0.3) is 0 Å². The smallest absolute Gasteiger partial charge is 0.326 e. The highest BCUT2D eigenvalue weighted by Crippen LogP contribution is 2.24. The third kappa shape index (κ3) is 2.93. The van der Waals surface area contributed by atoms with Crippen molar-refractivity contribution in [3.8, 4) is 0 Å². The molecule has 0 spiro atoms. The number of hydrogen-bond donors (Lipinski definition) is 2. The summed E-state index contributed by atoms with van der Waals surface area (Å²) in [7, 11) is 1.77. The van der Waals surface area contributed by atoms with Gasteiger partial charge >= 0.3 is 5.97 Å². The monoisotopic (exact) mass is 262 g/mol. The Balaban J connectivity index is 2.21. The molecule has 0 bridgehead atoms. The first-order valence-electron chi connectivity index (χ1n) is 6.37. The molecule has 5 nitrogen and oxygen atoms in total. The third-order valence-corrected chi connectivity index (χ3v) is 3.44. The highest BCUT2D eigenvalue weighted by atomic mass is 16.4. The van der Waals surface area contributed by atoms with Crippen molar-refractivity contribution in [2.24, 2.45) is 0 Å². The maximum Gasteiger partial charge on any atom is 0.326 e. The van der Waals surface area contributed by atoms with E-state index in [-0.39, 0.29) is 5.91 Å². The van der Waals surface area contributed by atoms with Gasteiger partial charge < -0.3 is 15.3 Å². The minimum atomic E-state index is -0.938. The van der Waals surface area contributed by atoms with Crippen molar-refractivity contribution in [1.82, 2.24) is 10.2 Å². The van der Waals surface area contributed by atoms with E-state index in [1.807, 2.05) is 24.3 Å². The van der Waals surface area contributed by atoms with Crippen LogP contribution in [0.15, 0.2) is 24.3 Å². The lowest BCUT2D eigenvalue weighted by Crippen LogP contribution is -2.49. The molecule has 1 heterocycles. The average molecular weight is 262 g/mol. The van der Waals surface area contributed by atoms with E-state index in [4.69, 9.17) is 0 Å². The molecule has 1 aliphatic heterocycles. The van der Waals surface area contributed by atoms with Gasteiger partial charge in [-0.15, -0.1) is 0 Å². The number of carboxylic acid groups (broad SMARTS) is 1. The van der Waals surface area contributed by atoms with Crippen molar-refractivity contribution in [3.63, 3.8) is 0 Å². The summed E-state index contributed by atoms with van der Waals surface area (Å²) in [5.41, 5.74) is 2.06. The van der Waals surface area contributed by atoms with E-state index >= 15 is 0 Å². The lowest BCUT2D eigenvalue weighted by molar-refractivity contribution is -0.151. The SMILES string of the molecule is CNCCC(=O)N1Cc2ccccc2C[C@@H]1C(=O)O. The van der Waals surface area contributed by atoms with Crippen molar-refractivity contribution in [2.75, 3.05) is 13.6 Å². The van der Waals surface area contributed by atoms with Gasteiger partial charge in [-0.2, -0.15) is 0 Å². The lowest BCUT2D eigenvalue weighted by Gasteiger charge is -2.34. The first-order chi connectivity index (χ1) is 9.13. The zero-order chi connectivity index (χ0) is 13.8. The molecule has 2 rings (SSSR count). The molecule has 2 N–H and O–H groups in total. The maximum atomic E-state index is 12.1. The van der Waals surface area contributed by atoms with Crippen molar-refractivity contribution < 1.29 is 14.7 Å². The molecular formula is C14H18N2O3. The van der Waals surface area contributed by atoms with Gasteiger partial charge in [-0.1, -0.05) is 24.3 Å². The number of carbonyl (C=O) groups excluding carboxylic acids is 1. The molecule has 0 aliphatic carbocycles. The normalized spacial score (nSPS) is 17.9. The standard InChI is InChI=1S/C14H18N2O3/c1-15-7-6-13(17)16-9-11-5-3-2-4-10(11)8-12(16)14(18)19/h2-5,12,15H,6-9H2,1H3,(H,18,19)/t12-/m1/s1. The molecule has 102 valence electrons. The van der Waals surface area contributed by atoms with Crippen LogP contribution in [0, 0.1) is 0 Å². The predicted octanol–water partition coefficient (Wildman–Crippen LogP) is 0.634. The molecule has 0 radical (unpaired) electrons. The summed E-state index contributed by atoms with van der Waals surface area (Å²) < 4.78 is 0. The highest BCUT2D eigenvalue weighted by molar-refractivity contribution is 5.84. The second-order valence-electron chi connectivity index (χ2n) is 4.70. The van der Waals surface area contributed by atoms with Crippen LogP contribution in [0.4, 0.5) is 0 Å². The first kappa shape index (κ1) is 13.5. The summed E-state index contributed by atoms with van der Waals surface area (Å²) in [6.45, 7) is 0.943. The summed E-state index contributed by atoms with van der Waals surface area (Å²) >= 11 is 0. The number of nitrogens with zero attached hydrogens (tertiary/aromatic N) is 1. The van der Waals surface area contributed by atoms with Gasteiger partial charge in [-0.25, -0.2) is 4.79 Å². The number of fused-ring (bicyclic) bond motifs is 1. The predicted molar refractivity (Wildman–Crippen MR) is 70.7 cm³/mol. The summed E-state index contributed by atoms with van der Waals surface area (Å²) in [4.78, 5) is 24.9. The average Bonchev–Trinajstić information content (AvgIpc) is 2.43. The molecule has 1 aromatic rings. The fourth-order valence-corrected chi connectivity index (χ4v) is 2.38. The summed E-state index contributed by atoms with van der Waals surface area (Å²) in [6, 6.07) is 6.94. The number of nitrogens with one attached hydrogen (secondary N) is 1. The zero-order valence-corrected chi connectivity index (χ0v) is 10.9. The fourth-order valence-electron chi connectivity index (χ4n) is 2.38. The summed E-state index contributed by atoms with van der Waals surface area (Å²) in [5.74, 6) is -1.05. The van der Waals surface area contributed by atoms with E-state index in [9.17, 15) is 14.7 Å². The van der Waals surface area contributed by atoms with Crippen molar-refractivity contribution >= 4 is 11.9 Å². The van der Waals surface area contributed by atoms with Crippen LogP contribution in [0.2, 0.25) is 0 Å². The van der Waals surface area contributed by atoms with Crippen molar-refractivity contribution in [1.29, 1.82) is 0 Å². The first-order valence-corrected chi connectivity index (χ1v) is 6.37. The summed E-state index contributed by atoms with van der Waals surface area (Å²) in [5, 5.41) is 12.2. The second-order valence-corrected chi connectivity index (χ2v) is 4.70. The van der Waals surface area contributed by atoms with Crippen LogP contribution >= 0.6 is 0 Å². The van der Waals surface area contributed by atoms with E-state index in [0.717, 1.165) is 11.1 Å². The molecule has 1 aromatic carbocycles. The zero-order valence-electron chi connectivity index (χ0n) is 10.9. The Morgan fingerprint density at radius 3 is 2.68 bits per heavy atom. The quantitative estimate of drug-likeness (QED) is 0.835. The van der Waals surface area contributed by atoms with Gasteiger partial charge in [0.25, 0.3) is 0 Å². The minimum Gasteiger partial charge on any atom is -0.480 e. The molecule has 5 heteroatoms. The largest absolute Gasteiger partial charge is 0.480 e. The number of benzene rings is 1. The highest BCUT2D eigenvalue weighted by Gasteiger charge is 2.33.